The second-order valence-corrected chi connectivity index (χ2v) is 5.99. The van der Waals surface area contributed by atoms with Crippen LogP contribution in [-0.4, -0.2) is 17.7 Å². The van der Waals surface area contributed by atoms with Crippen LogP contribution in [0, 0.1) is 10.1 Å². The minimum Gasteiger partial charge on any atom is -0.302 e. The van der Waals surface area contributed by atoms with Gasteiger partial charge in [-0.1, -0.05) is 30.3 Å². The van der Waals surface area contributed by atoms with E-state index in [1.807, 2.05) is 36.3 Å². The Morgan fingerprint density at radius 3 is 2.52 bits per heavy atom. The second kappa shape index (κ2) is 7.17. The minimum absolute atomic E-state index is 0.0890. The molecule has 0 amide bonds. The molecule has 0 bridgehead atoms. The van der Waals surface area contributed by atoms with Crippen molar-refractivity contribution in [1.29, 1.82) is 0 Å². The fourth-order valence-corrected chi connectivity index (χ4v) is 2.67. The van der Waals surface area contributed by atoms with Crippen LogP contribution < -0.4 is 10.4 Å². The molecule has 3 rings (SSSR count). The Balaban J connectivity index is 1.67. The van der Waals surface area contributed by atoms with Gasteiger partial charge in [0.25, 0.3) is 5.69 Å². The van der Waals surface area contributed by atoms with E-state index < -0.39 is 4.92 Å². The Hall–Kier alpha value is -3.15. The number of aliphatic imine (C=N–C) groups is 1. The molecule has 0 fully saturated rings. The van der Waals surface area contributed by atoms with Crippen molar-refractivity contribution in [1.82, 2.24) is 5.43 Å². The zero-order valence-corrected chi connectivity index (χ0v) is 14.2. The van der Waals surface area contributed by atoms with E-state index in [0.29, 0.717) is 6.54 Å². The Bertz CT molecular complexity index is 813. The van der Waals surface area contributed by atoms with Crippen LogP contribution in [-0.2, 0) is 0 Å². The first-order valence-electron chi connectivity index (χ1n) is 8.11. The maximum Gasteiger partial charge on any atom is 0.269 e. The van der Waals surface area contributed by atoms with Crippen molar-refractivity contribution in [2.24, 2.45) is 4.99 Å². The van der Waals surface area contributed by atoms with Gasteiger partial charge in [-0.25, -0.2) is 0 Å². The van der Waals surface area contributed by atoms with Gasteiger partial charge in [0.1, 0.15) is 0 Å². The van der Waals surface area contributed by atoms with Crippen molar-refractivity contribution >= 4 is 17.6 Å². The van der Waals surface area contributed by atoms with Gasteiger partial charge in [-0.2, -0.15) is 0 Å². The molecule has 1 N–H and O–H groups in total. The molecule has 1 aliphatic heterocycles. The number of anilines is 1. The van der Waals surface area contributed by atoms with Gasteiger partial charge in [0.2, 0.25) is 0 Å². The summed E-state index contributed by atoms with van der Waals surface area (Å²) in [5, 5.41) is 12.7. The Morgan fingerprint density at radius 2 is 1.88 bits per heavy atom. The zero-order chi connectivity index (χ0) is 17.8. The first-order chi connectivity index (χ1) is 12.0. The summed E-state index contributed by atoms with van der Waals surface area (Å²) < 4.78 is 0. The molecule has 1 aliphatic rings. The molecule has 1 heterocycles. The molecule has 0 aliphatic carbocycles. The first kappa shape index (κ1) is 16.7. The van der Waals surface area contributed by atoms with Crippen LogP contribution >= 0.6 is 0 Å². The second-order valence-electron chi connectivity index (χ2n) is 5.99. The van der Waals surface area contributed by atoms with Crippen LogP contribution in [0.4, 0.5) is 11.4 Å². The van der Waals surface area contributed by atoms with Crippen molar-refractivity contribution in [2.75, 3.05) is 11.6 Å². The molecule has 0 saturated heterocycles. The number of non-ortho nitro benzene ring substituents is 1. The predicted molar refractivity (Wildman–Crippen MR) is 99.6 cm³/mol. The maximum absolute atomic E-state index is 10.8. The van der Waals surface area contributed by atoms with Gasteiger partial charge in [-0.05, 0) is 31.5 Å². The van der Waals surface area contributed by atoms with Crippen molar-refractivity contribution in [3.05, 3.63) is 81.5 Å². The lowest BCUT2D eigenvalue weighted by Gasteiger charge is -2.19. The summed E-state index contributed by atoms with van der Waals surface area (Å²) in [6.07, 6.45) is 1.91. The van der Waals surface area contributed by atoms with E-state index in [2.05, 4.69) is 29.5 Å². The summed E-state index contributed by atoms with van der Waals surface area (Å²) in [5.74, 6) is 0. The highest BCUT2D eigenvalue weighted by Crippen LogP contribution is 2.23. The van der Waals surface area contributed by atoms with E-state index in [1.54, 1.807) is 12.1 Å². The molecule has 6 nitrogen and oxygen atoms in total. The molecule has 0 aromatic heterocycles. The van der Waals surface area contributed by atoms with E-state index in [4.69, 9.17) is 0 Å². The number of hydrogen-bond donors (Lipinski definition) is 1. The lowest BCUT2D eigenvalue weighted by Crippen LogP contribution is -2.31. The number of allylic oxidation sites excluding steroid dienone is 1. The van der Waals surface area contributed by atoms with E-state index in [0.717, 1.165) is 17.0 Å². The van der Waals surface area contributed by atoms with Crippen LogP contribution in [0.25, 0.3) is 0 Å². The van der Waals surface area contributed by atoms with Gasteiger partial charge < -0.3 is 5.43 Å². The molecule has 6 heteroatoms. The molecule has 1 atom stereocenters. The molecule has 0 unspecified atom stereocenters. The largest absolute Gasteiger partial charge is 0.302 e. The number of rotatable bonds is 5. The van der Waals surface area contributed by atoms with Crippen molar-refractivity contribution in [2.45, 2.75) is 19.9 Å². The summed E-state index contributed by atoms with van der Waals surface area (Å²) in [4.78, 5) is 15.0. The highest BCUT2D eigenvalue weighted by molar-refractivity contribution is 5.82. The third-order valence-corrected chi connectivity index (χ3v) is 4.22. The average molecular weight is 336 g/mol. The maximum atomic E-state index is 10.8. The molecule has 2 aromatic carbocycles. The fraction of sp³-hybridized carbons (Fsp3) is 0.211. The standard InChI is InChI=1S/C19H20N4O2/c1-14(16-6-4-3-5-7-16)20-12-17-13-22(21-15(17)2)18-8-10-19(11-9-18)23(24)25/h3-12,14,21H,13H2,1-2H3/t14-/m1/s1. The van der Waals surface area contributed by atoms with Crippen LogP contribution in [0.15, 0.2) is 70.9 Å². The molecule has 128 valence electrons. The number of nitro benzene ring substituents is 1. The molecule has 0 radical (unpaired) electrons. The highest BCUT2D eigenvalue weighted by Gasteiger charge is 2.18. The average Bonchev–Trinajstić information content (AvgIpc) is 3.01. The van der Waals surface area contributed by atoms with E-state index >= 15 is 0 Å². The SMILES string of the molecule is CC1=C(C=N[C@H](C)c2ccccc2)CN(c2ccc([N+](=O)[O-])cc2)N1. The molecule has 25 heavy (non-hydrogen) atoms. The normalized spacial score (nSPS) is 15.5. The molecular formula is C19H20N4O2. The van der Waals surface area contributed by atoms with Crippen LogP contribution in [0.3, 0.4) is 0 Å². The van der Waals surface area contributed by atoms with Crippen LogP contribution in [0.1, 0.15) is 25.5 Å². The number of hydrazine groups is 1. The highest BCUT2D eigenvalue weighted by atomic mass is 16.6. The third-order valence-electron chi connectivity index (χ3n) is 4.22. The number of nitrogens with zero attached hydrogens (tertiary/aromatic N) is 3. The predicted octanol–water partition coefficient (Wildman–Crippen LogP) is 4.03. The Labute approximate surface area is 146 Å². The monoisotopic (exact) mass is 336 g/mol. The van der Waals surface area contributed by atoms with E-state index in [-0.39, 0.29) is 11.7 Å². The van der Waals surface area contributed by atoms with Crippen molar-refractivity contribution in [3.63, 3.8) is 0 Å². The first-order valence-corrected chi connectivity index (χ1v) is 8.11. The van der Waals surface area contributed by atoms with E-state index in [1.165, 1.54) is 17.7 Å². The number of nitrogens with one attached hydrogen (secondary N) is 1. The summed E-state index contributed by atoms with van der Waals surface area (Å²) in [6, 6.07) is 16.8. The van der Waals surface area contributed by atoms with Gasteiger partial charge in [-0.3, -0.25) is 20.1 Å². The fourth-order valence-electron chi connectivity index (χ4n) is 2.67. The van der Waals surface area contributed by atoms with Crippen LogP contribution in [0.5, 0.6) is 0 Å². The number of benzene rings is 2. The summed E-state index contributed by atoms with van der Waals surface area (Å²) in [6.45, 7) is 4.73. The van der Waals surface area contributed by atoms with Gasteiger partial charge in [-0.15, -0.1) is 0 Å². The van der Waals surface area contributed by atoms with Gasteiger partial charge in [0.05, 0.1) is 23.2 Å². The number of nitro groups is 1. The lowest BCUT2D eigenvalue weighted by atomic mass is 10.1. The van der Waals surface area contributed by atoms with Crippen molar-refractivity contribution in [3.8, 4) is 0 Å². The Kier molecular flexibility index (Phi) is 4.79. The van der Waals surface area contributed by atoms with Crippen molar-refractivity contribution < 1.29 is 4.92 Å². The van der Waals surface area contributed by atoms with E-state index in [9.17, 15) is 10.1 Å². The molecule has 2 aromatic rings. The number of hydrogen-bond acceptors (Lipinski definition) is 5. The van der Waals surface area contributed by atoms with Gasteiger partial charge in [0, 0.05) is 29.6 Å². The molecule has 0 saturated carbocycles. The smallest absolute Gasteiger partial charge is 0.269 e. The Morgan fingerprint density at radius 1 is 1.20 bits per heavy atom. The minimum atomic E-state index is -0.395. The van der Waals surface area contributed by atoms with Gasteiger partial charge in [0.15, 0.2) is 0 Å². The topological polar surface area (TPSA) is 70.8 Å². The lowest BCUT2D eigenvalue weighted by molar-refractivity contribution is -0.384. The summed E-state index contributed by atoms with van der Waals surface area (Å²) >= 11 is 0. The summed E-state index contributed by atoms with van der Waals surface area (Å²) in [7, 11) is 0. The van der Waals surface area contributed by atoms with Crippen LogP contribution in [0.2, 0.25) is 0 Å². The molecule has 0 spiro atoms. The van der Waals surface area contributed by atoms with Gasteiger partial charge >= 0.3 is 0 Å². The third kappa shape index (κ3) is 3.85. The quantitative estimate of drug-likeness (QED) is 0.508. The summed E-state index contributed by atoms with van der Waals surface area (Å²) in [5.41, 5.74) is 7.56. The molecular weight excluding hydrogens is 316 g/mol. The zero-order valence-electron chi connectivity index (χ0n) is 14.2.